The van der Waals surface area contributed by atoms with Crippen molar-refractivity contribution in [2.45, 2.75) is 24.8 Å². The number of fused-ring (bicyclic) bond motifs is 3. The molecule has 0 spiro atoms. The molecule has 1 unspecified atom stereocenters. The van der Waals surface area contributed by atoms with Gasteiger partial charge < -0.3 is 25.6 Å². The third kappa shape index (κ3) is 5.63. The SMILES string of the molecule is O=C(O)CCC(NC(=O)OCC1c2ccccc2-c2ccccc21)C(=O)Nc1cc(Br)ccc1O. The first-order valence-corrected chi connectivity index (χ1v) is 11.8. The zero-order valence-corrected chi connectivity index (χ0v) is 20.1. The summed E-state index contributed by atoms with van der Waals surface area (Å²) in [4.78, 5) is 36.5. The van der Waals surface area contributed by atoms with E-state index in [0.717, 1.165) is 22.3 Å². The number of carbonyl (C=O) groups is 3. The number of rotatable bonds is 8. The molecular formula is C26H23BrN2O6. The van der Waals surface area contributed by atoms with Crippen molar-refractivity contribution in [3.63, 3.8) is 0 Å². The second kappa shape index (κ2) is 10.6. The smallest absolute Gasteiger partial charge is 0.407 e. The van der Waals surface area contributed by atoms with Crippen molar-refractivity contribution in [1.82, 2.24) is 5.32 Å². The molecular weight excluding hydrogens is 516 g/mol. The van der Waals surface area contributed by atoms with E-state index in [2.05, 4.69) is 26.6 Å². The number of halogens is 1. The topological polar surface area (TPSA) is 125 Å². The summed E-state index contributed by atoms with van der Waals surface area (Å²) in [6.07, 6.45) is -1.33. The Kier molecular flexibility index (Phi) is 7.36. The van der Waals surface area contributed by atoms with E-state index in [9.17, 15) is 19.5 Å². The summed E-state index contributed by atoms with van der Waals surface area (Å²) in [5.74, 6) is -2.10. The van der Waals surface area contributed by atoms with Gasteiger partial charge in [-0.25, -0.2) is 4.79 Å². The highest BCUT2D eigenvalue weighted by molar-refractivity contribution is 9.10. The number of phenols is 1. The molecule has 0 saturated heterocycles. The first-order valence-electron chi connectivity index (χ1n) is 11.0. The standard InChI is InChI=1S/C26H23BrN2O6/c27-15-9-11-23(30)22(13-15)28-25(33)21(10-12-24(31)32)29-26(34)35-14-20-18-7-3-1-5-16(18)17-6-2-4-8-19(17)20/h1-9,11,13,20-21,30H,10,12,14H2,(H,28,33)(H,29,34)(H,31,32). The molecule has 180 valence electrons. The Morgan fingerprint density at radius 1 is 0.971 bits per heavy atom. The maximum absolute atomic E-state index is 12.8. The number of anilines is 1. The predicted molar refractivity (Wildman–Crippen MR) is 133 cm³/mol. The molecule has 0 saturated carbocycles. The highest BCUT2D eigenvalue weighted by Crippen LogP contribution is 2.44. The van der Waals surface area contributed by atoms with Crippen molar-refractivity contribution >= 4 is 39.6 Å². The van der Waals surface area contributed by atoms with Crippen LogP contribution in [-0.4, -0.2) is 40.8 Å². The van der Waals surface area contributed by atoms with Crippen LogP contribution in [0.4, 0.5) is 10.5 Å². The van der Waals surface area contributed by atoms with E-state index >= 15 is 0 Å². The Balaban J connectivity index is 1.44. The highest BCUT2D eigenvalue weighted by Gasteiger charge is 2.30. The van der Waals surface area contributed by atoms with Crippen LogP contribution in [0.3, 0.4) is 0 Å². The molecule has 0 aromatic heterocycles. The van der Waals surface area contributed by atoms with Gasteiger partial charge in [-0.15, -0.1) is 0 Å². The molecule has 0 aliphatic heterocycles. The van der Waals surface area contributed by atoms with Crippen molar-refractivity contribution in [3.05, 3.63) is 82.3 Å². The van der Waals surface area contributed by atoms with E-state index in [1.807, 2.05) is 48.5 Å². The van der Waals surface area contributed by atoms with Gasteiger partial charge in [-0.2, -0.15) is 0 Å². The van der Waals surface area contributed by atoms with Gasteiger partial charge in [0, 0.05) is 16.8 Å². The lowest BCUT2D eigenvalue weighted by Gasteiger charge is -2.19. The van der Waals surface area contributed by atoms with Crippen LogP contribution >= 0.6 is 15.9 Å². The summed E-state index contributed by atoms with van der Waals surface area (Å²) in [6, 6.07) is 19.1. The summed E-state index contributed by atoms with van der Waals surface area (Å²) in [5, 5.41) is 24.0. The molecule has 4 rings (SSSR count). The number of amides is 2. The van der Waals surface area contributed by atoms with Crippen molar-refractivity contribution in [2.75, 3.05) is 11.9 Å². The lowest BCUT2D eigenvalue weighted by Crippen LogP contribution is -2.44. The number of alkyl carbamates (subject to hydrolysis) is 1. The van der Waals surface area contributed by atoms with E-state index in [-0.39, 0.29) is 36.8 Å². The van der Waals surface area contributed by atoms with Crippen LogP contribution in [-0.2, 0) is 14.3 Å². The van der Waals surface area contributed by atoms with Gasteiger partial charge in [0.1, 0.15) is 18.4 Å². The number of phenolic OH excluding ortho intramolecular Hbond substituents is 1. The van der Waals surface area contributed by atoms with Crippen LogP contribution in [0.5, 0.6) is 5.75 Å². The number of carboxylic acid groups (broad SMARTS) is 1. The Morgan fingerprint density at radius 3 is 2.23 bits per heavy atom. The zero-order chi connectivity index (χ0) is 24.9. The average Bonchev–Trinajstić information content (AvgIpc) is 3.16. The summed E-state index contributed by atoms with van der Waals surface area (Å²) >= 11 is 3.26. The zero-order valence-electron chi connectivity index (χ0n) is 18.5. The minimum absolute atomic E-state index is 0.0551. The van der Waals surface area contributed by atoms with Crippen LogP contribution in [0.15, 0.2) is 71.2 Å². The quantitative estimate of drug-likeness (QED) is 0.303. The lowest BCUT2D eigenvalue weighted by atomic mass is 9.98. The fourth-order valence-corrected chi connectivity index (χ4v) is 4.51. The minimum atomic E-state index is -1.18. The minimum Gasteiger partial charge on any atom is -0.506 e. The number of aliphatic carboxylic acids is 1. The van der Waals surface area contributed by atoms with E-state index in [1.165, 1.54) is 12.1 Å². The maximum Gasteiger partial charge on any atom is 0.407 e. The van der Waals surface area contributed by atoms with Gasteiger partial charge in [0.2, 0.25) is 5.91 Å². The molecule has 35 heavy (non-hydrogen) atoms. The van der Waals surface area contributed by atoms with Crippen molar-refractivity contribution < 1.29 is 29.3 Å². The molecule has 9 heteroatoms. The predicted octanol–water partition coefficient (Wildman–Crippen LogP) is 4.87. The largest absolute Gasteiger partial charge is 0.506 e. The number of nitrogens with one attached hydrogen (secondary N) is 2. The molecule has 3 aromatic rings. The van der Waals surface area contributed by atoms with Crippen molar-refractivity contribution in [1.29, 1.82) is 0 Å². The normalized spacial score (nSPS) is 12.8. The fourth-order valence-electron chi connectivity index (χ4n) is 4.15. The van der Waals surface area contributed by atoms with E-state index in [4.69, 9.17) is 9.84 Å². The number of benzene rings is 3. The van der Waals surface area contributed by atoms with Crippen LogP contribution in [0.1, 0.15) is 29.9 Å². The van der Waals surface area contributed by atoms with E-state index in [1.54, 1.807) is 6.07 Å². The van der Waals surface area contributed by atoms with Gasteiger partial charge in [0.25, 0.3) is 0 Å². The van der Waals surface area contributed by atoms with Crippen LogP contribution < -0.4 is 10.6 Å². The molecule has 0 heterocycles. The van der Waals surface area contributed by atoms with Crippen LogP contribution in [0.25, 0.3) is 11.1 Å². The molecule has 1 atom stereocenters. The van der Waals surface area contributed by atoms with Gasteiger partial charge in [-0.3, -0.25) is 9.59 Å². The van der Waals surface area contributed by atoms with Gasteiger partial charge in [0.05, 0.1) is 5.69 Å². The molecule has 1 aliphatic rings. The summed E-state index contributed by atoms with van der Waals surface area (Å²) in [5.41, 5.74) is 4.40. The molecule has 0 fully saturated rings. The van der Waals surface area contributed by atoms with Gasteiger partial charge in [-0.05, 0) is 46.9 Å². The summed E-state index contributed by atoms with van der Waals surface area (Å²) < 4.78 is 6.11. The molecule has 0 bridgehead atoms. The summed E-state index contributed by atoms with van der Waals surface area (Å²) in [7, 11) is 0. The van der Waals surface area contributed by atoms with Crippen LogP contribution in [0.2, 0.25) is 0 Å². The number of ether oxygens (including phenoxy) is 1. The van der Waals surface area contributed by atoms with E-state index in [0.29, 0.717) is 4.47 Å². The first-order chi connectivity index (χ1) is 16.8. The fraction of sp³-hybridized carbons (Fsp3) is 0.192. The molecule has 8 nitrogen and oxygen atoms in total. The number of carbonyl (C=O) groups excluding carboxylic acids is 2. The van der Waals surface area contributed by atoms with Crippen molar-refractivity contribution in [2.24, 2.45) is 0 Å². The maximum atomic E-state index is 12.8. The van der Waals surface area contributed by atoms with Crippen LogP contribution in [0, 0.1) is 0 Å². The van der Waals surface area contributed by atoms with Crippen molar-refractivity contribution in [3.8, 4) is 16.9 Å². The average molecular weight is 539 g/mol. The number of hydrogen-bond acceptors (Lipinski definition) is 5. The first kappa shape index (κ1) is 24.3. The number of hydrogen-bond donors (Lipinski definition) is 4. The Labute approximate surface area is 210 Å². The second-order valence-electron chi connectivity index (χ2n) is 8.11. The molecule has 1 aliphatic carbocycles. The van der Waals surface area contributed by atoms with E-state index < -0.39 is 24.0 Å². The highest BCUT2D eigenvalue weighted by atomic mass is 79.9. The number of aromatic hydroxyl groups is 1. The van der Waals surface area contributed by atoms with Gasteiger partial charge in [-0.1, -0.05) is 64.5 Å². The Hall–Kier alpha value is -3.85. The number of carboxylic acids is 1. The van der Waals surface area contributed by atoms with Gasteiger partial charge >= 0.3 is 12.1 Å². The molecule has 0 radical (unpaired) electrons. The Bertz CT molecular complexity index is 1230. The molecule has 4 N–H and O–H groups in total. The molecule has 3 aromatic carbocycles. The van der Waals surface area contributed by atoms with Gasteiger partial charge in [0.15, 0.2) is 0 Å². The second-order valence-corrected chi connectivity index (χ2v) is 9.02. The molecule has 2 amide bonds. The Morgan fingerprint density at radius 2 is 1.60 bits per heavy atom. The third-order valence-electron chi connectivity index (χ3n) is 5.82. The summed E-state index contributed by atoms with van der Waals surface area (Å²) in [6.45, 7) is 0.0551. The lowest BCUT2D eigenvalue weighted by molar-refractivity contribution is -0.137. The monoisotopic (exact) mass is 538 g/mol. The third-order valence-corrected chi connectivity index (χ3v) is 6.31.